The fraction of sp³-hybridized carbons (Fsp3) is 0.533. The molecule has 0 spiro atoms. The molecule has 116 valence electrons. The Labute approximate surface area is 121 Å². The molecule has 2 rings (SSSR count). The predicted molar refractivity (Wildman–Crippen MR) is 75.3 cm³/mol. The standard InChI is InChI=1S/C15H19F3N2O/c1-3-19-12-5-4-10(15(16,17)18)8-11(12)13(21)20-9-14(2)6-7-14/h4-5,8,19H,3,6-7,9H2,1-2H3,(H,20,21). The maximum atomic E-state index is 12.8. The van der Waals surface area contributed by atoms with Crippen LogP contribution in [0.2, 0.25) is 0 Å². The first-order chi connectivity index (χ1) is 9.75. The van der Waals surface area contributed by atoms with Crippen molar-refractivity contribution in [3.63, 3.8) is 0 Å². The second-order valence-corrected chi connectivity index (χ2v) is 5.78. The summed E-state index contributed by atoms with van der Waals surface area (Å²) in [6.45, 7) is 4.90. The first-order valence-electron chi connectivity index (χ1n) is 6.98. The van der Waals surface area contributed by atoms with Crippen molar-refractivity contribution >= 4 is 11.6 Å². The Bertz CT molecular complexity index is 536. The summed E-state index contributed by atoms with van der Waals surface area (Å²) in [4.78, 5) is 12.2. The zero-order chi connectivity index (χ0) is 15.7. The van der Waals surface area contributed by atoms with E-state index >= 15 is 0 Å². The summed E-state index contributed by atoms with van der Waals surface area (Å²) in [7, 11) is 0. The van der Waals surface area contributed by atoms with Gasteiger partial charge < -0.3 is 10.6 Å². The molecule has 0 bridgehead atoms. The summed E-state index contributed by atoms with van der Waals surface area (Å²) in [5.74, 6) is -0.467. The van der Waals surface area contributed by atoms with Gasteiger partial charge in [0.15, 0.2) is 0 Å². The van der Waals surface area contributed by atoms with Crippen LogP contribution in [0.5, 0.6) is 0 Å². The van der Waals surface area contributed by atoms with Crippen molar-refractivity contribution in [1.82, 2.24) is 5.32 Å². The second-order valence-electron chi connectivity index (χ2n) is 5.78. The van der Waals surface area contributed by atoms with E-state index in [9.17, 15) is 18.0 Å². The van der Waals surface area contributed by atoms with Crippen molar-refractivity contribution in [1.29, 1.82) is 0 Å². The Morgan fingerprint density at radius 1 is 1.33 bits per heavy atom. The molecule has 1 aromatic carbocycles. The van der Waals surface area contributed by atoms with Crippen molar-refractivity contribution in [2.45, 2.75) is 32.9 Å². The molecule has 1 aromatic rings. The summed E-state index contributed by atoms with van der Waals surface area (Å²) in [5, 5.41) is 5.65. The SMILES string of the molecule is CCNc1ccc(C(F)(F)F)cc1C(=O)NCC1(C)CC1. The van der Waals surface area contributed by atoms with E-state index in [-0.39, 0.29) is 11.0 Å². The van der Waals surface area contributed by atoms with Crippen molar-refractivity contribution in [3.8, 4) is 0 Å². The van der Waals surface area contributed by atoms with Crippen LogP contribution in [0.3, 0.4) is 0 Å². The van der Waals surface area contributed by atoms with Crippen LogP contribution < -0.4 is 10.6 Å². The molecule has 2 N–H and O–H groups in total. The minimum atomic E-state index is -4.46. The molecule has 1 amide bonds. The molecular formula is C15H19F3N2O. The first kappa shape index (κ1) is 15.7. The number of rotatable bonds is 5. The zero-order valence-electron chi connectivity index (χ0n) is 12.1. The highest BCUT2D eigenvalue weighted by atomic mass is 19.4. The number of carbonyl (C=O) groups excluding carboxylic acids is 1. The zero-order valence-corrected chi connectivity index (χ0v) is 12.1. The van der Waals surface area contributed by atoms with Crippen LogP contribution in [0.25, 0.3) is 0 Å². The average molecular weight is 300 g/mol. The lowest BCUT2D eigenvalue weighted by molar-refractivity contribution is -0.137. The Kier molecular flexibility index (Phi) is 4.16. The molecular weight excluding hydrogens is 281 g/mol. The molecule has 1 aliphatic carbocycles. The van der Waals surface area contributed by atoms with Crippen LogP contribution in [0.1, 0.15) is 42.6 Å². The number of amides is 1. The number of benzene rings is 1. The molecule has 0 unspecified atom stereocenters. The van der Waals surface area contributed by atoms with E-state index < -0.39 is 17.6 Å². The van der Waals surface area contributed by atoms with Gasteiger partial charge in [-0.1, -0.05) is 6.92 Å². The summed E-state index contributed by atoms with van der Waals surface area (Å²) in [6, 6.07) is 3.19. The molecule has 1 fully saturated rings. The van der Waals surface area contributed by atoms with Gasteiger partial charge in [-0.15, -0.1) is 0 Å². The first-order valence-corrected chi connectivity index (χ1v) is 6.98. The summed E-state index contributed by atoms with van der Waals surface area (Å²) in [5.41, 5.74) is -0.248. The van der Waals surface area contributed by atoms with E-state index in [2.05, 4.69) is 10.6 Å². The van der Waals surface area contributed by atoms with Gasteiger partial charge in [-0.25, -0.2) is 0 Å². The van der Waals surface area contributed by atoms with Crippen LogP contribution in [0, 0.1) is 5.41 Å². The lowest BCUT2D eigenvalue weighted by Gasteiger charge is -2.15. The second kappa shape index (κ2) is 5.58. The Morgan fingerprint density at radius 2 is 2.00 bits per heavy atom. The number of halogens is 3. The van der Waals surface area contributed by atoms with Crippen LogP contribution in [-0.4, -0.2) is 19.0 Å². The summed E-state index contributed by atoms with van der Waals surface area (Å²) in [6.07, 6.45) is -2.38. The normalized spacial score (nSPS) is 16.4. The van der Waals surface area contributed by atoms with E-state index in [1.165, 1.54) is 6.07 Å². The van der Waals surface area contributed by atoms with E-state index in [1.54, 1.807) is 0 Å². The highest BCUT2D eigenvalue weighted by Gasteiger charge is 2.37. The Morgan fingerprint density at radius 3 is 2.52 bits per heavy atom. The van der Waals surface area contributed by atoms with Gasteiger partial charge in [0.1, 0.15) is 0 Å². The summed E-state index contributed by atoms with van der Waals surface area (Å²) < 4.78 is 38.3. The largest absolute Gasteiger partial charge is 0.416 e. The number of anilines is 1. The highest BCUT2D eigenvalue weighted by molar-refractivity contribution is 5.99. The third-order valence-electron chi connectivity index (χ3n) is 3.74. The molecule has 0 heterocycles. The summed E-state index contributed by atoms with van der Waals surface area (Å²) >= 11 is 0. The third-order valence-corrected chi connectivity index (χ3v) is 3.74. The predicted octanol–water partition coefficient (Wildman–Crippen LogP) is 3.67. The number of nitrogens with one attached hydrogen (secondary N) is 2. The van der Waals surface area contributed by atoms with E-state index in [0.717, 1.165) is 25.0 Å². The number of hydrogen-bond acceptors (Lipinski definition) is 2. The lowest BCUT2D eigenvalue weighted by atomic mass is 10.1. The average Bonchev–Trinajstić information content (AvgIpc) is 3.14. The molecule has 0 saturated heterocycles. The highest BCUT2D eigenvalue weighted by Crippen LogP contribution is 2.44. The lowest BCUT2D eigenvalue weighted by Crippen LogP contribution is -2.30. The Hall–Kier alpha value is -1.72. The molecule has 1 aliphatic rings. The number of alkyl halides is 3. The molecule has 0 radical (unpaired) electrons. The maximum Gasteiger partial charge on any atom is 0.416 e. The topological polar surface area (TPSA) is 41.1 Å². The van der Waals surface area contributed by atoms with E-state index in [1.807, 2.05) is 13.8 Å². The fourth-order valence-electron chi connectivity index (χ4n) is 2.03. The van der Waals surface area contributed by atoms with Crippen molar-refractivity contribution in [2.24, 2.45) is 5.41 Å². The molecule has 3 nitrogen and oxygen atoms in total. The van der Waals surface area contributed by atoms with Crippen LogP contribution in [-0.2, 0) is 6.18 Å². The van der Waals surface area contributed by atoms with Gasteiger partial charge >= 0.3 is 6.18 Å². The smallest absolute Gasteiger partial charge is 0.385 e. The number of hydrogen-bond donors (Lipinski definition) is 2. The quantitative estimate of drug-likeness (QED) is 0.871. The van der Waals surface area contributed by atoms with Gasteiger partial charge in [0.25, 0.3) is 5.91 Å². The van der Waals surface area contributed by atoms with Gasteiger partial charge in [-0.2, -0.15) is 13.2 Å². The van der Waals surface area contributed by atoms with E-state index in [4.69, 9.17) is 0 Å². The monoisotopic (exact) mass is 300 g/mol. The van der Waals surface area contributed by atoms with Crippen molar-refractivity contribution in [2.75, 3.05) is 18.4 Å². The Balaban J connectivity index is 2.22. The minimum Gasteiger partial charge on any atom is -0.385 e. The van der Waals surface area contributed by atoms with Gasteiger partial charge in [0, 0.05) is 18.8 Å². The maximum absolute atomic E-state index is 12.8. The van der Waals surface area contributed by atoms with Gasteiger partial charge in [0.05, 0.1) is 11.1 Å². The van der Waals surface area contributed by atoms with Gasteiger partial charge in [-0.3, -0.25) is 4.79 Å². The molecule has 6 heteroatoms. The molecule has 0 atom stereocenters. The van der Waals surface area contributed by atoms with Crippen molar-refractivity contribution < 1.29 is 18.0 Å². The van der Waals surface area contributed by atoms with E-state index in [0.29, 0.717) is 18.8 Å². The molecule has 0 aromatic heterocycles. The van der Waals surface area contributed by atoms with Crippen LogP contribution >= 0.6 is 0 Å². The van der Waals surface area contributed by atoms with Crippen molar-refractivity contribution in [3.05, 3.63) is 29.3 Å². The molecule has 21 heavy (non-hydrogen) atoms. The van der Waals surface area contributed by atoms with Gasteiger partial charge in [0.2, 0.25) is 0 Å². The van der Waals surface area contributed by atoms with Crippen LogP contribution in [0.15, 0.2) is 18.2 Å². The van der Waals surface area contributed by atoms with Crippen LogP contribution in [0.4, 0.5) is 18.9 Å². The third kappa shape index (κ3) is 3.89. The van der Waals surface area contributed by atoms with Gasteiger partial charge in [-0.05, 0) is 43.4 Å². The fourth-order valence-corrected chi connectivity index (χ4v) is 2.03. The number of carbonyl (C=O) groups is 1. The molecule has 1 saturated carbocycles. The minimum absolute atomic E-state index is 0.0379. The molecule has 0 aliphatic heterocycles.